The summed E-state index contributed by atoms with van der Waals surface area (Å²) in [5.41, 5.74) is 3.44. The van der Waals surface area contributed by atoms with E-state index in [1.54, 1.807) is 6.07 Å². The number of carbonyl (C=O) groups is 1. The average Bonchev–Trinajstić information content (AvgIpc) is 2.69. The molecule has 2 rings (SSSR count). The third kappa shape index (κ3) is 3.12. The molecule has 0 aliphatic rings. The molecule has 0 spiro atoms. The highest BCUT2D eigenvalue weighted by molar-refractivity contribution is 5.96. The van der Waals surface area contributed by atoms with Gasteiger partial charge in [0.1, 0.15) is 0 Å². The second kappa shape index (κ2) is 6.08. The summed E-state index contributed by atoms with van der Waals surface area (Å²) in [5, 5.41) is 4.33. The van der Waals surface area contributed by atoms with Crippen LogP contribution in [0.1, 0.15) is 33.7 Å². The molecule has 1 aromatic carbocycles. The first-order valence-corrected chi connectivity index (χ1v) is 6.80. The third-order valence-electron chi connectivity index (χ3n) is 3.73. The maximum atomic E-state index is 13.6. The van der Waals surface area contributed by atoms with Gasteiger partial charge in [-0.3, -0.25) is 9.48 Å². The van der Waals surface area contributed by atoms with Crippen molar-refractivity contribution in [3.63, 3.8) is 0 Å². The number of hydrogen-bond acceptors (Lipinski definition) is 3. The van der Waals surface area contributed by atoms with Gasteiger partial charge < -0.3 is 4.74 Å². The van der Waals surface area contributed by atoms with Crippen LogP contribution >= 0.6 is 0 Å². The van der Waals surface area contributed by atoms with E-state index in [1.807, 2.05) is 25.6 Å². The monoisotopic (exact) mass is 290 g/mol. The Balaban J connectivity index is 2.10. The summed E-state index contributed by atoms with van der Waals surface area (Å²) < 4.78 is 20.3. The Morgan fingerprint density at radius 2 is 2.10 bits per heavy atom. The second-order valence-corrected chi connectivity index (χ2v) is 5.05. The molecule has 0 saturated heterocycles. The van der Waals surface area contributed by atoms with Crippen molar-refractivity contribution in [1.82, 2.24) is 9.78 Å². The minimum atomic E-state index is -0.517. The summed E-state index contributed by atoms with van der Waals surface area (Å²) in [6.45, 7) is 3.91. The van der Waals surface area contributed by atoms with Crippen LogP contribution in [-0.2, 0) is 13.5 Å². The van der Waals surface area contributed by atoms with E-state index in [2.05, 4.69) is 5.10 Å². The van der Waals surface area contributed by atoms with Gasteiger partial charge in [0.25, 0.3) is 0 Å². The first-order valence-electron chi connectivity index (χ1n) is 6.80. The maximum Gasteiger partial charge on any atom is 0.165 e. The standard InChI is InChI=1S/C16H19FN2O2/c1-10-13(11(2)19(3)18-10)6-7-15(20)12-5-8-16(21-4)14(17)9-12/h5,8-9H,6-7H2,1-4H3. The molecule has 2 aromatic rings. The first-order chi connectivity index (χ1) is 9.93. The van der Waals surface area contributed by atoms with Crippen LogP contribution < -0.4 is 4.74 Å². The predicted octanol–water partition coefficient (Wildman–Crippen LogP) is 3.00. The van der Waals surface area contributed by atoms with Crippen LogP contribution in [0, 0.1) is 19.7 Å². The van der Waals surface area contributed by atoms with Crippen molar-refractivity contribution in [3.05, 3.63) is 46.5 Å². The molecule has 0 unspecified atom stereocenters. The second-order valence-electron chi connectivity index (χ2n) is 5.05. The van der Waals surface area contributed by atoms with Gasteiger partial charge in [0, 0.05) is 24.7 Å². The molecular formula is C16H19FN2O2. The van der Waals surface area contributed by atoms with Crippen molar-refractivity contribution in [2.45, 2.75) is 26.7 Å². The summed E-state index contributed by atoms with van der Waals surface area (Å²) in [6, 6.07) is 4.29. The molecular weight excluding hydrogens is 271 g/mol. The van der Waals surface area contributed by atoms with Crippen molar-refractivity contribution < 1.29 is 13.9 Å². The van der Waals surface area contributed by atoms with Crippen molar-refractivity contribution in [1.29, 1.82) is 0 Å². The van der Waals surface area contributed by atoms with Crippen LogP contribution in [0.2, 0.25) is 0 Å². The van der Waals surface area contributed by atoms with Crippen LogP contribution in [0.15, 0.2) is 18.2 Å². The van der Waals surface area contributed by atoms with Crippen molar-refractivity contribution in [3.8, 4) is 5.75 Å². The fourth-order valence-electron chi connectivity index (χ4n) is 2.40. The number of halogens is 1. The van der Waals surface area contributed by atoms with Crippen LogP contribution in [-0.4, -0.2) is 22.7 Å². The van der Waals surface area contributed by atoms with Gasteiger partial charge in [0.2, 0.25) is 0 Å². The van der Waals surface area contributed by atoms with Gasteiger partial charge >= 0.3 is 0 Å². The largest absolute Gasteiger partial charge is 0.494 e. The molecule has 0 aliphatic heterocycles. The number of hydrogen-bond donors (Lipinski definition) is 0. The third-order valence-corrected chi connectivity index (χ3v) is 3.73. The van der Waals surface area contributed by atoms with Crippen LogP contribution in [0.3, 0.4) is 0 Å². The Morgan fingerprint density at radius 1 is 1.38 bits per heavy atom. The quantitative estimate of drug-likeness (QED) is 0.795. The molecule has 0 fully saturated rings. The van der Waals surface area contributed by atoms with Gasteiger partial charge in [-0.05, 0) is 44.0 Å². The summed E-state index contributed by atoms with van der Waals surface area (Å²) in [5.74, 6) is -0.457. The van der Waals surface area contributed by atoms with Crippen LogP contribution in [0.4, 0.5) is 4.39 Å². The lowest BCUT2D eigenvalue weighted by molar-refractivity contribution is 0.0982. The predicted molar refractivity (Wildman–Crippen MR) is 78.3 cm³/mol. The molecule has 0 saturated carbocycles. The molecule has 4 nitrogen and oxygen atoms in total. The van der Waals surface area contributed by atoms with Gasteiger partial charge in [0.15, 0.2) is 17.3 Å². The molecule has 0 bridgehead atoms. The molecule has 0 atom stereocenters. The molecule has 21 heavy (non-hydrogen) atoms. The highest BCUT2D eigenvalue weighted by atomic mass is 19.1. The Kier molecular flexibility index (Phi) is 4.40. The SMILES string of the molecule is COc1ccc(C(=O)CCc2c(C)nn(C)c2C)cc1F. The minimum Gasteiger partial charge on any atom is -0.494 e. The smallest absolute Gasteiger partial charge is 0.165 e. The summed E-state index contributed by atoms with van der Waals surface area (Å²) in [6.07, 6.45) is 0.942. The van der Waals surface area contributed by atoms with Gasteiger partial charge in [-0.1, -0.05) is 0 Å². The van der Waals surface area contributed by atoms with E-state index in [9.17, 15) is 9.18 Å². The van der Waals surface area contributed by atoms with E-state index in [0.717, 1.165) is 17.0 Å². The Bertz CT molecular complexity index is 677. The number of benzene rings is 1. The number of nitrogens with zero attached hydrogens (tertiary/aromatic N) is 2. The van der Waals surface area contributed by atoms with E-state index < -0.39 is 5.82 Å². The lowest BCUT2D eigenvalue weighted by atomic mass is 10.0. The summed E-state index contributed by atoms with van der Waals surface area (Å²) in [7, 11) is 3.28. The molecule has 1 heterocycles. The number of aryl methyl sites for hydroxylation is 2. The van der Waals surface area contributed by atoms with E-state index in [-0.39, 0.29) is 11.5 Å². The van der Waals surface area contributed by atoms with E-state index >= 15 is 0 Å². The van der Waals surface area contributed by atoms with Crippen molar-refractivity contribution in [2.24, 2.45) is 7.05 Å². The molecule has 112 valence electrons. The van der Waals surface area contributed by atoms with Crippen molar-refractivity contribution in [2.75, 3.05) is 7.11 Å². The van der Waals surface area contributed by atoms with Gasteiger partial charge in [0.05, 0.1) is 12.8 Å². The molecule has 0 amide bonds. The van der Waals surface area contributed by atoms with E-state index in [0.29, 0.717) is 18.4 Å². The van der Waals surface area contributed by atoms with E-state index in [4.69, 9.17) is 4.74 Å². The highest BCUT2D eigenvalue weighted by Crippen LogP contribution is 2.20. The van der Waals surface area contributed by atoms with Gasteiger partial charge in [-0.2, -0.15) is 5.10 Å². The zero-order chi connectivity index (χ0) is 15.6. The summed E-state index contributed by atoms with van der Waals surface area (Å²) >= 11 is 0. The molecule has 0 radical (unpaired) electrons. The molecule has 0 N–H and O–H groups in total. The first kappa shape index (κ1) is 15.2. The molecule has 1 aromatic heterocycles. The van der Waals surface area contributed by atoms with Gasteiger partial charge in [-0.25, -0.2) is 4.39 Å². The Hall–Kier alpha value is -2.17. The number of aromatic nitrogens is 2. The lowest BCUT2D eigenvalue weighted by Crippen LogP contribution is -2.03. The number of ether oxygens (including phenoxy) is 1. The lowest BCUT2D eigenvalue weighted by Gasteiger charge is -2.05. The highest BCUT2D eigenvalue weighted by Gasteiger charge is 2.14. The maximum absolute atomic E-state index is 13.6. The van der Waals surface area contributed by atoms with Crippen LogP contribution in [0.25, 0.3) is 0 Å². The average molecular weight is 290 g/mol. The number of methoxy groups -OCH3 is 1. The molecule has 0 aliphatic carbocycles. The summed E-state index contributed by atoms with van der Waals surface area (Å²) in [4.78, 5) is 12.2. The van der Waals surface area contributed by atoms with Gasteiger partial charge in [-0.15, -0.1) is 0 Å². The fraction of sp³-hybridized carbons (Fsp3) is 0.375. The fourth-order valence-corrected chi connectivity index (χ4v) is 2.40. The Labute approximate surface area is 123 Å². The van der Waals surface area contributed by atoms with E-state index in [1.165, 1.54) is 19.2 Å². The molecule has 5 heteroatoms. The topological polar surface area (TPSA) is 44.1 Å². The van der Waals surface area contributed by atoms with Crippen LogP contribution in [0.5, 0.6) is 5.75 Å². The minimum absolute atomic E-state index is 0.0841. The number of Topliss-reactive ketones (excluding diaryl/α,β-unsaturated/α-hetero) is 1. The Morgan fingerprint density at radius 3 is 2.62 bits per heavy atom. The zero-order valence-corrected chi connectivity index (χ0v) is 12.7. The normalized spacial score (nSPS) is 10.7. The number of carbonyl (C=O) groups excluding carboxylic acids is 1. The number of rotatable bonds is 5. The van der Waals surface area contributed by atoms with Crippen molar-refractivity contribution >= 4 is 5.78 Å². The zero-order valence-electron chi connectivity index (χ0n) is 12.7. The number of ketones is 1.